The fourth-order valence-electron chi connectivity index (χ4n) is 2.38. The van der Waals surface area contributed by atoms with Crippen molar-refractivity contribution in [2.24, 2.45) is 5.73 Å². The molecule has 0 aromatic carbocycles. The first-order valence-electron chi connectivity index (χ1n) is 6.26. The van der Waals surface area contributed by atoms with E-state index in [1.54, 1.807) is 0 Å². The van der Waals surface area contributed by atoms with Crippen LogP contribution in [-0.4, -0.2) is 5.91 Å². The first kappa shape index (κ1) is 14.3. The van der Waals surface area contributed by atoms with Crippen molar-refractivity contribution < 1.29 is 9.78 Å². The Balaban J connectivity index is 2.54. The van der Waals surface area contributed by atoms with Crippen LogP contribution in [0.3, 0.4) is 0 Å². The predicted octanol–water partition coefficient (Wildman–Crippen LogP) is 1.89. The third-order valence-corrected chi connectivity index (χ3v) is 5.56. The normalized spacial score (nSPS) is 10.7. The molecule has 3 aromatic rings. The number of primary amides is 1. The molecule has 22 heavy (non-hydrogen) atoms. The maximum atomic E-state index is 11.5. The Morgan fingerprint density at radius 2 is 2.14 bits per heavy atom. The van der Waals surface area contributed by atoms with Gasteiger partial charge in [-0.15, -0.1) is 11.3 Å². The molecule has 0 radical (unpaired) electrons. The Kier molecular flexibility index (Phi) is 3.24. The van der Waals surface area contributed by atoms with Gasteiger partial charge in [-0.05, 0) is 23.9 Å². The highest BCUT2D eigenvalue weighted by atomic mass is 32.1. The van der Waals surface area contributed by atoms with Crippen LogP contribution in [0.4, 0.5) is 11.5 Å². The van der Waals surface area contributed by atoms with Gasteiger partial charge in [-0.3, -0.25) is 10.5 Å². The van der Waals surface area contributed by atoms with Gasteiger partial charge in [-0.25, -0.2) is 4.98 Å². The summed E-state index contributed by atoms with van der Waals surface area (Å²) in [6.45, 7) is 1.95. The fraction of sp³-hybridized carbons (Fsp3) is 0.0714. The molecule has 0 aliphatic carbocycles. The Morgan fingerprint density at radius 3 is 2.68 bits per heavy atom. The molecule has 7 N–H and O–H groups in total. The van der Waals surface area contributed by atoms with Crippen LogP contribution in [0.5, 0.6) is 0 Å². The second-order valence-corrected chi connectivity index (χ2v) is 6.68. The zero-order valence-electron chi connectivity index (χ0n) is 11.6. The third kappa shape index (κ3) is 1.91. The van der Waals surface area contributed by atoms with Crippen LogP contribution in [0.15, 0.2) is 11.4 Å². The summed E-state index contributed by atoms with van der Waals surface area (Å²) in [6.07, 6.45) is 0. The third-order valence-electron chi connectivity index (χ3n) is 3.39. The summed E-state index contributed by atoms with van der Waals surface area (Å²) >= 11 is 2.64. The van der Waals surface area contributed by atoms with E-state index in [0.717, 1.165) is 21.8 Å². The number of nitrogens with one attached hydrogen (secondary N) is 1. The highest BCUT2D eigenvalue weighted by molar-refractivity contribution is 7.21. The molecular weight excluding hydrogens is 318 g/mol. The van der Waals surface area contributed by atoms with Crippen molar-refractivity contribution in [1.82, 2.24) is 0 Å². The zero-order valence-corrected chi connectivity index (χ0v) is 13.2. The number of nitrogen functional groups attached to an aromatic ring is 2. The minimum absolute atomic E-state index is 0.245. The number of nitrogens with two attached hydrogens (primary N) is 3. The Hall–Kier alpha value is -2.63. The first-order chi connectivity index (χ1) is 10.5. The van der Waals surface area contributed by atoms with Crippen LogP contribution in [0, 0.1) is 18.3 Å². The quantitative estimate of drug-likeness (QED) is 0.661. The molecule has 0 saturated carbocycles. The van der Waals surface area contributed by atoms with E-state index in [-0.39, 0.29) is 16.4 Å². The van der Waals surface area contributed by atoms with Gasteiger partial charge >= 0.3 is 0 Å². The Bertz CT molecular complexity index is 964. The van der Waals surface area contributed by atoms with Crippen molar-refractivity contribution in [1.29, 1.82) is 5.26 Å². The predicted molar refractivity (Wildman–Crippen MR) is 88.5 cm³/mol. The van der Waals surface area contributed by atoms with Crippen LogP contribution in [0.2, 0.25) is 0 Å². The van der Waals surface area contributed by atoms with Gasteiger partial charge in [0.25, 0.3) is 11.7 Å². The molecule has 0 aliphatic heterocycles. The number of H-pyrrole nitrogens is 1. The lowest BCUT2D eigenvalue weighted by Crippen LogP contribution is -2.13. The van der Waals surface area contributed by atoms with E-state index < -0.39 is 5.91 Å². The van der Waals surface area contributed by atoms with Crippen LogP contribution in [-0.2, 0) is 0 Å². The Morgan fingerprint density at radius 1 is 1.41 bits per heavy atom. The summed E-state index contributed by atoms with van der Waals surface area (Å²) in [6, 6.07) is 4.08. The molecule has 0 bridgehead atoms. The lowest BCUT2D eigenvalue weighted by molar-refractivity contribution is -0.323. The molecule has 3 rings (SSSR count). The zero-order chi connectivity index (χ0) is 16.0. The molecule has 0 unspecified atom stereocenters. The molecule has 0 atom stereocenters. The van der Waals surface area contributed by atoms with Crippen molar-refractivity contribution in [3.63, 3.8) is 0 Å². The van der Waals surface area contributed by atoms with Crippen molar-refractivity contribution in [3.05, 3.63) is 27.5 Å². The number of carbonyl (C=O) groups is 1. The van der Waals surface area contributed by atoms with E-state index in [9.17, 15) is 10.1 Å². The molecule has 0 fully saturated rings. The number of thiophene rings is 2. The SMILES string of the molecule is Cc1ccsc1-c1c(C#N)c(N)[nH+]c2sc(C(N)=O)c(N)c12. The number of amides is 1. The van der Waals surface area contributed by atoms with E-state index in [1.165, 1.54) is 11.3 Å². The molecule has 3 heterocycles. The van der Waals surface area contributed by atoms with Crippen molar-refractivity contribution in [2.45, 2.75) is 6.92 Å². The lowest BCUT2D eigenvalue weighted by Gasteiger charge is -2.06. The van der Waals surface area contributed by atoms with Crippen molar-refractivity contribution in [3.8, 4) is 16.5 Å². The molecule has 8 heteroatoms. The monoisotopic (exact) mass is 330 g/mol. The second kappa shape index (κ2) is 4.98. The highest BCUT2D eigenvalue weighted by Gasteiger charge is 2.26. The topological polar surface area (TPSA) is 133 Å². The second-order valence-electron chi connectivity index (χ2n) is 4.75. The van der Waals surface area contributed by atoms with Gasteiger partial charge < -0.3 is 11.5 Å². The molecule has 3 aromatic heterocycles. The maximum absolute atomic E-state index is 11.5. The van der Waals surface area contributed by atoms with E-state index in [2.05, 4.69) is 11.1 Å². The number of aromatic amines is 1. The van der Waals surface area contributed by atoms with E-state index in [0.29, 0.717) is 21.3 Å². The lowest BCUT2D eigenvalue weighted by atomic mass is 10.0. The smallest absolute Gasteiger partial charge is 0.290 e. The molecule has 6 nitrogen and oxygen atoms in total. The van der Waals surface area contributed by atoms with Crippen LogP contribution in [0.25, 0.3) is 20.7 Å². The Labute approximate surface area is 133 Å². The summed E-state index contributed by atoms with van der Waals surface area (Å²) in [5, 5.41) is 12.0. The number of aromatic nitrogens is 1. The summed E-state index contributed by atoms with van der Waals surface area (Å²) in [7, 11) is 0. The van der Waals surface area contributed by atoms with E-state index in [1.807, 2.05) is 18.4 Å². The van der Waals surface area contributed by atoms with Gasteiger partial charge in [0.1, 0.15) is 10.9 Å². The largest absolute Gasteiger partial charge is 0.397 e. The minimum atomic E-state index is -0.599. The number of fused-ring (bicyclic) bond motifs is 1. The molecule has 1 amide bonds. The first-order valence-corrected chi connectivity index (χ1v) is 7.96. The standard InChI is InChI=1S/C14H11N5OS2/c1-5-2-3-21-10(5)7-6(4-15)12(17)19-14-8(7)9(16)11(22-14)13(18)20/h2-3H,16H2,1H3,(H2,17,19)(H2,18,20)/p+1. The number of nitriles is 1. The molecule has 110 valence electrons. The van der Waals surface area contributed by atoms with Crippen LogP contribution >= 0.6 is 22.7 Å². The summed E-state index contributed by atoms with van der Waals surface area (Å²) in [4.78, 5) is 16.3. The number of hydrogen-bond acceptors (Lipinski definition) is 6. The number of pyridine rings is 1. The maximum Gasteiger partial charge on any atom is 0.290 e. The van der Waals surface area contributed by atoms with Gasteiger partial charge in [-0.2, -0.15) is 5.26 Å². The molecular formula is C14H12N5OS2+. The average molecular weight is 330 g/mol. The molecule has 0 spiro atoms. The van der Waals surface area contributed by atoms with Crippen LogP contribution in [0.1, 0.15) is 20.8 Å². The van der Waals surface area contributed by atoms with Gasteiger partial charge in [0, 0.05) is 10.4 Å². The summed E-state index contributed by atoms with van der Waals surface area (Å²) in [5.74, 6) is -0.354. The van der Waals surface area contributed by atoms with E-state index in [4.69, 9.17) is 17.2 Å². The number of hydrogen-bond donors (Lipinski definition) is 3. The number of nitrogens with zero attached hydrogens (tertiary/aromatic N) is 1. The fourth-order valence-corrected chi connectivity index (χ4v) is 4.36. The molecule has 0 saturated heterocycles. The number of rotatable bonds is 2. The van der Waals surface area contributed by atoms with Gasteiger partial charge in [0.05, 0.1) is 11.1 Å². The minimum Gasteiger partial charge on any atom is -0.397 e. The number of carbonyl (C=O) groups excluding carboxylic acids is 1. The van der Waals surface area contributed by atoms with Gasteiger partial charge in [-0.1, -0.05) is 11.3 Å². The van der Waals surface area contributed by atoms with Gasteiger partial charge in [0.2, 0.25) is 0 Å². The van der Waals surface area contributed by atoms with Crippen LogP contribution < -0.4 is 22.2 Å². The van der Waals surface area contributed by atoms with E-state index >= 15 is 0 Å². The van der Waals surface area contributed by atoms with Crippen molar-refractivity contribution >= 4 is 50.3 Å². The number of aryl methyl sites for hydroxylation is 1. The highest BCUT2D eigenvalue weighted by Crippen LogP contribution is 2.43. The number of anilines is 2. The summed E-state index contributed by atoms with van der Waals surface area (Å²) < 4.78 is 0. The molecule has 0 aliphatic rings. The van der Waals surface area contributed by atoms with Gasteiger partial charge in [0.15, 0.2) is 10.4 Å². The summed E-state index contributed by atoms with van der Waals surface area (Å²) in [5.41, 5.74) is 19.7. The van der Waals surface area contributed by atoms with Crippen molar-refractivity contribution in [2.75, 3.05) is 11.5 Å². The average Bonchev–Trinajstić information content (AvgIpc) is 3.01.